The van der Waals surface area contributed by atoms with Gasteiger partial charge in [0.05, 0.1) is 25.8 Å². The zero-order chi connectivity index (χ0) is 15.7. The number of carbonyl (C=O) groups excluding carboxylic acids is 1. The van der Waals surface area contributed by atoms with Gasteiger partial charge in [-0.2, -0.15) is 0 Å². The molecule has 1 aromatic carbocycles. The Labute approximate surface area is 130 Å². The second-order valence-electron chi connectivity index (χ2n) is 5.42. The molecule has 118 valence electrons. The molecule has 1 aliphatic heterocycles. The van der Waals surface area contributed by atoms with E-state index in [1.54, 1.807) is 12.0 Å². The molecule has 0 radical (unpaired) electrons. The minimum Gasteiger partial charge on any atom is -0.497 e. The summed E-state index contributed by atoms with van der Waals surface area (Å²) in [5.41, 5.74) is 3.74. The van der Waals surface area contributed by atoms with Gasteiger partial charge in [-0.15, -0.1) is 0 Å². The van der Waals surface area contributed by atoms with Crippen LogP contribution in [0.1, 0.15) is 25.1 Å². The summed E-state index contributed by atoms with van der Waals surface area (Å²) in [5, 5.41) is 1.20. The topological polar surface area (TPSA) is 43.7 Å². The first-order valence-corrected chi connectivity index (χ1v) is 7.79. The van der Waals surface area contributed by atoms with Crippen molar-refractivity contribution in [3.63, 3.8) is 0 Å². The molecule has 1 aromatic heterocycles. The number of fused-ring (bicyclic) bond motifs is 3. The van der Waals surface area contributed by atoms with Gasteiger partial charge in [0, 0.05) is 42.2 Å². The summed E-state index contributed by atoms with van der Waals surface area (Å²) >= 11 is 0. The molecule has 0 N–H and O–H groups in total. The first-order valence-electron chi connectivity index (χ1n) is 7.79. The van der Waals surface area contributed by atoms with Gasteiger partial charge in [-0.3, -0.25) is 0 Å². The van der Waals surface area contributed by atoms with Crippen LogP contribution in [-0.4, -0.2) is 35.8 Å². The van der Waals surface area contributed by atoms with E-state index in [-0.39, 0.29) is 6.09 Å². The van der Waals surface area contributed by atoms with Crippen molar-refractivity contribution in [2.75, 3.05) is 20.3 Å². The smallest absolute Gasteiger partial charge is 0.410 e. The Morgan fingerprint density at radius 2 is 2.14 bits per heavy atom. The van der Waals surface area contributed by atoms with Crippen LogP contribution in [0.4, 0.5) is 4.79 Å². The molecular formula is C17H22N2O3. The number of hydrogen-bond donors (Lipinski definition) is 0. The van der Waals surface area contributed by atoms with Gasteiger partial charge in [-0.25, -0.2) is 4.79 Å². The van der Waals surface area contributed by atoms with E-state index in [2.05, 4.69) is 23.6 Å². The fourth-order valence-electron chi connectivity index (χ4n) is 3.29. The molecule has 5 heteroatoms. The largest absolute Gasteiger partial charge is 0.497 e. The van der Waals surface area contributed by atoms with Gasteiger partial charge in [-0.05, 0) is 26.0 Å². The minimum absolute atomic E-state index is 0.223. The predicted octanol–water partition coefficient (Wildman–Crippen LogP) is 3.18. The highest BCUT2D eigenvalue weighted by Gasteiger charge is 2.26. The van der Waals surface area contributed by atoms with E-state index in [9.17, 15) is 4.79 Å². The standard InChI is InChI=1S/C17H22N2O3/c1-4-19-15-8-9-18(17(20)22-5-2)11-14(15)13-7-6-12(21-3)10-16(13)19/h6-7,10H,4-5,8-9,11H2,1-3H3. The van der Waals surface area contributed by atoms with Crippen molar-refractivity contribution < 1.29 is 14.3 Å². The molecule has 2 aromatic rings. The third-order valence-corrected chi connectivity index (χ3v) is 4.30. The maximum atomic E-state index is 12.0. The number of benzene rings is 1. The van der Waals surface area contributed by atoms with Crippen LogP contribution in [0, 0.1) is 0 Å². The SMILES string of the molecule is CCOC(=O)N1CCc2c(c3ccc(OC)cc3n2CC)C1. The lowest BCUT2D eigenvalue weighted by Gasteiger charge is -2.27. The van der Waals surface area contributed by atoms with Gasteiger partial charge in [0.1, 0.15) is 5.75 Å². The minimum atomic E-state index is -0.223. The molecule has 22 heavy (non-hydrogen) atoms. The molecular weight excluding hydrogens is 280 g/mol. The molecule has 0 unspecified atom stereocenters. The lowest BCUT2D eigenvalue weighted by atomic mass is 10.0. The Kier molecular flexibility index (Phi) is 3.96. The summed E-state index contributed by atoms with van der Waals surface area (Å²) in [7, 11) is 1.68. The predicted molar refractivity (Wildman–Crippen MR) is 85.3 cm³/mol. The second-order valence-corrected chi connectivity index (χ2v) is 5.42. The maximum absolute atomic E-state index is 12.0. The second kappa shape index (κ2) is 5.91. The molecule has 0 aliphatic carbocycles. The number of ether oxygens (including phenoxy) is 2. The summed E-state index contributed by atoms with van der Waals surface area (Å²) in [6, 6.07) is 6.14. The fraction of sp³-hybridized carbons (Fsp3) is 0.471. The van der Waals surface area contributed by atoms with E-state index in [0.29, 0.717) is 19.7 Å². The molecule has 1 aliphatic rings. The molecule has 0 spiro atoms. The average molecular weight is 302 g/mol. The van der Waals surface area contributed by atoms with Crippen molar-refractivity contribution >= 4 is 17.0 Å². The third kappa shape index (κ3) is 2.30. The highest BCUT2D eigenvalue weighted by Crippen LogP contribution is 2.33. The number of rotatable bonds is 3. The van der Waals surface area contributed by atoms with Gasteiger partial charge in [0.25, 0.3) is 0 Å². The number of nitrogens with zero attached hydrogens (tertiary/aromatic N) is 2. The van der Waals surface area contributed by atoms with E-state index in [1.807, 2.05) is 13.0 Å². The van der Waals surface area contributed by atoms with Crippen molar-refractivity contribution in [1.29, 1.82) is 0 Å². The quantitative estimate of drug-likeness (QED) is 0.874. The van der Waals surface area contributed by atoms with Crippen LogP contribution >= 0.6 is 0 Å². The Morgan fingerprint density at radius 3 is 2.82 bits per heavy atom. The first kappa shape index (κ1) is 14.8. The molecule has 0 saturated carbocycles. The summed E-state index contributed by atoms with van der Waals surface area (Å²) in [6.45, 7) is 6.64. The Morgan fingerprint density at radius 1 is 1.32 bits per heavy atom. The van der Waals surface area contributed by atoms with Crippen LogP contribution in [0.2, 0.25) is 0 Å². The van der Waals surface area contributed by atoms with Crippen molar-refractivity contribution in [2.24, 2.45) is 0 Å². The zero-order valence-electron chi connectivity index (χ0n) is 13.4. The summed E-state index contributed by atoms with van der Waals surface area (Å²) < 4.78 is 12.8. The van der Waals surface area contributed by atoms with Crippen LogP contribution in [0.3, 0.4) is 0 Å². The Balaban J connectivity index is 2.05. The fourth-order valence-corrected chi connectivity index (χ4v) is 3.29. The van der Waals surface area contributed by atoms with E-state index in [4.69, 9.17) is 9.47 Å². The Hall–Kier alpha value is -2.17. The van der Waals surface area contributed by atoms with Gasteiger partial charge in [-0.1, -0.05) is 0 Å². The molecule has 2 heterocycles. The number of aryl methyl sites for hydroxylation is 1. The Bertz CT molecular complexity index is 705. The number of hydrogen-bond acceptors (Lipinski definition) is 3. The molecule has 3 rings (SSSR count). The van der Waals surface area contributed by atoms with Crippen LogP contribution in [-0.2, 0) is 24.2 Å². The van der Waals surface area contributed by atoms with Crippen LogP contribution in [0.25, 0.3) is 10.9 Å². The normalized spacial score (nSPS) is 14.0. The van der Waals surface area contributed by atoms with Gasteiger partial charge in [0.2, 0.25) is 0 Å². The highest BCUT2D eigenvalue weighted by molar-refractivity contribution is 5.87. The molecule has 0 fully saturated rings. The summed E-state index contributed by atoms with van der Waals surface area (Å²) in [6.07, 6.45) is 0.637. The number of amides is 1. The molecule has 0 bridgehead atoms. The maximum Gasteiger partial charge on any atom is 0.410 e. The van der Waals surface area contributed by atoms with E-state index in [1.165, 1.54) is 22.2 Å². The van der Waals surface area contributed by atoms with Crippen molar-refractivity contribution in [3.8, 4) is 5.75 Å². The van der Waals surface area contributed by atoms with E-state index >= 15 is 0 Å². The highest BCUT2D eigenvalue weighted by atomic mass is 16.6. The van der Waals surface area contributed by atoms with E-state index in [0.717, 1.165) is 18.7 Å². The molecule has 1 amide bonds. The average Bonchev–Trinajstić information content (AvgIpc) is 2.86. The number of carbonyl (C=O) groups is 1. The number of methoxy groups -OCH3 is 1. The number of aromatic nitrogens is 1. The molecule has 0 saturated heterocycles. The third-order valence-electron chi connectivity index (χ3n) is 4.30. The lowest BCUT2D eigenvalue weighted by Crippen LogP contribution is -2.36. The lowest BCUT2D eigenvalue weighted by molar-refractivity contribution is 0.102. The van der Waals surface area contributed by atoms with Crippen LogP contribution in [0.5, 0.6) is 5.75 Å². The molecule has 0 atom stereocenters. The van der Waals surface area contributed by atoms with Crippen LogP contribution in [0.15, 0.2) is 18.2 Å². The van der Waals surface area contributed by atoms with Crippen molar-refractivity contribution in [3.05, 3.63) is 29.5 Å². The monoisotopic (exact) mass is 302 g/mol. The summed E-state index contributed by atoms with van der Waals surface area (Å²) in [5.74, 6) is 0.860. The van der Waals surface area contributed by atoms with Gasteiger partial charge in [0.15, 0.2) is 0 Å². The van der Waals surface area contributed by atoms with Crippen LogP contribution < -0.4 is 4.74 Å². The van der Waals surface area contributed by atoms with Gasteiger partial charge >= 0.3 is 6.09 Å². The summed E-state index contributed by atoms with van der Waals surface area (Å²) in [4.78, 5) is 13.8. The first-order chi connectivity index (χ1) is 10.7. The molecule has 5 nitrogen and oxygen atoms in total. The van der Waals surface area contributed by atoms with Crippen molar-refractivity contribution in [1.82, 2.24) is 9.47 Å². The van der Waals surface area contributed by atoms with E-state index < -0.39 is 0 Å². The van der Waals surface area contributed by atoms with Crippen molar-refractivity contribution in [2.45, 2.75) is 33.4 Å². The zero-order valence-corrected chi connectivity index (χ0v) is 13.4. The van der Waals surface area contributed by atoms with Gasteiger partial charge < -0.3 is 18.9 Å².